The summed E-state index contributed by atoms with van der Waals surface area (Å²) in [5.74, 6) is 0.0829. The Kier molecular flexibility index (Phi) is 7.53. The minimum atomic E-state index is -3.90. The Labute approximate surface area is 164 Å². The molecule has 9 heteroatoms. The van der Waals surface area contributed by atoms with Crippen LogP contribution in [-0.4, -0.2) is 41.3 Å². The second-order valence-corrected chi connectivity index (χ2v) is 7.50. The minimum Gasteiger partial charge on any atom is -0.493 e. The van der Waals surface area contributed by atoms with Gasteiger partial charge in [0, 0.05) is 6.07 Å². The molecule has 0 saturated carbocycles. The third-order valence-electron chi connectivity index (χ3n) is 3.88. The van der Waals surface area contributed by atoms with Crippen LogP contribution in [0.2, 0.25) is 0 Å². The van der Waals surface area contributed by atoms with Crippen LogP contribution in [0, 0.1) is 0 Å². The summed E-state index contributed by atoms with van der Waals surface area (Å²) in [7, 11) is -1.04. The van der Waals surface area contributed by atoms with Gasteiger partial charge in [-0.2, -0.15) is 5.10 Å². The molecule has 0 aromatic heterocycles. The van der Waals surface area contributed by atoms with Gasteiger partial charge in [0.05, 0.1) is 31.9 Å². The van der Waals surface area contributed by atoms with Crippen LogP contribution in [0.5, 0.6) is 11.5 Å². The normalized spacial score (nSPS) is 11.4. The number of carbonyl (C=O) groups is 1. The number of hydrazone groups is 1. The van der Waals surface area contributed by atoms with Crippen molar-refractivity contribution in [2.45, 2.75) is 18.2 Å². The smallest absolute Gasteiger partial charge is 0.255 e. The highest BCUT2D eigenvalue weighted by Gasteiger charge is 2.18. The number of aryl methyl sites for hydroxylation is 1. The van der Waals surface area contributed by atoms with Crippen LogP contribution in [0.15, 0.2) is 52.5 Å². The van der Waals surface area contributed by atoms with E-state index in [9.17, 15) is 13.2 Å². The van der Waals surface area contributed by atoms with Crippen molar-refractivity contribution in [3.05, 3.63) is 53.6 Å². The van der Waals surface area contributed by atoms with Crippen molar-refractivity contribution in [3.8, 4) is 11.5 Å². The number of amides is 1. The van der Waals surface area contributed by atoms with Crippen LogP contribution in [0.1, 0.15) is 18.1 Å². The van der Waals surface area contributed by atoms with Gasteiger partial charge >= 0.3 is 0 Å². The number of ether oxygens (including phenoxy) is 2. The lowest BCUT2D eigenvalue weighted by atomic mass is 10.1. The van der Waals surface area contributed by atoms with E-state index in [0.717, 1.165) is 12.0 Å². The van der Waals surface area contributed by atoms with Crippen molar-refractivity contribution < 1.29 is 22.7 Å². The van der Waals surface area contributed by atoms with Crippen LogP contribution >= 0.6 is 0 Å². The summed E-state index contributed by atoms with van der Waals surface area (Å²) < 4.78 is 37.1. The summed E-state index contributed by atoms with van der Waals surface area (Å²) in [6, 6.07) is 11.9. The third kappa shape index (κ3) is 5.80. The van der Waals surface area contributed by atoms with Crippen molar-refractivity contribution in [3.63, 3.8) is 0 Å². The van der Waals surface area contributed by atoms with Gasteiger partial charge in [0.25, 0.3) is 5.91 Å². The van der Waals surface area contributed by atoms with Gasteiger partial charge in [0.2, 0.25) is 10.0 Å². The predicted octanol–water partition coefficient (Wildman–Crippen LogP) is 1.69. The fraction of sp³-hybridized carbons (Fsp3) is 0.263. The number of benzene rings is 2. The molecule has 0 bridgehead atoms. The summed E-state index contributed by atoms with van der Waals surface area (Å²) in [5, 5.41) is 3.82. The van der Waals surface area contributed by atoms with E-state index in [1.165, 1.54) is 44.2 Å². The van der Waals surface area contributed by atoms with Gasteiger partial charge in [-0.25, -0.2) is 18.6 Å². The first-order valence-corrected chi connectivity index (χ1v) is 10.0. The van der Waals surface area contributed by atoms with E-state index < -0.39 is 22.5 Å². The van der Waals surface area contributed by atoms with Gasteiger partial charge in [-0.15, -0.1) is 0 Å². The molecule has 2 rings (SSSR count). The number of hydrogen-bond acceptors (Lipinski definition) is 6. The lowest BCUT2D eigenvalue weighted by Crippen LogP contribution is -2.34. The van der Waals surface area contributed by atoms with Crippen molar-refractivity contribution in [2.75, 3.05) is 20.8 Å². The Morgan fingerprint density at radius 1 is 1.07 bits per heavy atom. The van der Waals surface area contributed by atoms with Gasteiger partial charge < -0.3 is 9.47 Å². The van der Waals surface area contributed by atoms with E-state index in [4.69, 9.17) is 9.47 Å². The molecule has 0 aliphatic carbocycles. The number of nitrogens with one attached hydrogen (secondary N) is 2. The van der Waals surface area contributed by atoms with Gasteiger partial charge in [-0.1, -0.05) is 31.2 Å². The van der Waals surface area contributed by atoms with Crippen LogP contribution < -0.4 is 19.6 Å². The quantitative estimate of drug-likeness (QED) is 0.488. The highest BCUT2D eigenvalue weighted by molar-refractivity contribution is 7.89. The van der Waals surface area contributed by atoms with Gasteiger partial charge in [0.15, 0.2) is 11.5 Å². The summed E-state index contributed by atoms with van der Waals surface area (Å²) >= 11 is 0. The molecule has 0 aliphatic rings. The van der Waals surface area contributed by atoms with Crippen molar-refractivity contribution in [1.82, 2.24) is 10.1 Å². The van der Waals surface area contributed by atoms with Crippen LogP contribution in [0.4, 0.5) is 0 Å². The second kappa shape index (κ2) is 9.86. The highest BCUT2D eigenvalue weighted by atomic mass is 32.2. The fourth-order valence-electron chi connectivity index (χ4n) is 2.29. The standard InChI is InChI=1S/C19H23N3O5S/c1-4-14-5-7-15(8-6-14)12-20-22-19(23)13-21-28(24,25)16-9-10-17(26-2)18(11-16)27-3/h5-12,21H,4,13H2,1-3H3,(H,22,23)/b20-12-. The average molecular weight is 405 g/mol. The number of hydrogen-bond donors (Lipinski definition) is 2. The van der Waals surface area contributed by atoms with Crippen molar-refractivity contribution in [1.29, 1.82) is 0 Å². The van der Waals surface area contributed by atoms with Gasteiger partial charge in [-0.05, 0) is 29.7 Å². The molecular formula is C19H23N3O5S. The van der Waals surface area contributed by atoms with E-state index in [0.29, 0.717) is 5.75 Å². The molecule has 0 heterocycles. The zero-order valence-corrected chi connectivity index (χ0v) is 16.7. The molecule has 0 radical (unpaired) electrons. The molecule has 0 unspecified atom stereocenters. The number of sulfonamides is 1. The second-order valence-electron chi connectivity index (χ2n) is 5.73. The molecular weight excluding hydrogens is 382 g/mol. The molecule has 0 spiro atoms. The fourth-order valence-corrected chi connectivity index (χ4v) is 3.28. The first kappa shape index (κ1) is 21.4. The molecule has 28 heavy (non-hydrogen) atoms. The van der Waals surface area contributed by atoms with Gasteiger partial charge in [-0.3, -0.25) is 4.79 Å². The maximum atomic E-state index is 12.3. The van der Waals surface area contributed by atoms with Crippen LogP contribution in [-0.2, 0) is 21.2 Å². The van der Waals surface area contributed by atoms with E-state index in [2.05, 4.69) is 22.2 Å². The Morgan fingerprint density at radius 3 is 2.36 bits per heavy atom. The molecule has 2 N–H and O–H groups in total. The van der Waals surface area contributed by atoms with E-state index in [1.54, 1.807) is 0 Å². The first-order valence-electron chi connectivity index (χ1n) is 8.52. The molecule has 0 saturated heterocycles. The number of methoxy groups -OCH3 is 2. The lowest BCUT2D eigenvalue weighted by molar-refractivity contribution is -0.119. The molecule has 150 valence electrons. The predicted molar refractivity (Wildman–Crippen MR) is 106 cm³/mol. The average Bonchev–Trinajstić information content (AvgIpc) is 2.72. The highest BCUT2D eigenvalue weighted by Crippen LogP contribution is 2.29. The Bertz CT molecular complexity index is 941. The SMILES string of the molecule is CCc1ccc(/C=N\NC(=O)CNS(=O)(=O)c2ccc(OC)c(OC)c2)cc1. The van der Waals surface area contributed by atoms with Crippen LogP contribution in [0.25, 0.3) is 0 Å². The summed E-state index contributed by atoms with van der Waals surface area (Å²) in [4.78, 5) is 11.8. The number of carbonyl (C=O) groups excluding carboxylic acids is 1. The Hall–Kier alpha value is -2.91. The largest absolute Gasteiger partial charge is 0.493 e. The van der Waals surface area contributed by atoms with E-state index in [-0.39, 0.29) is 10.6 Å². The summed E-state index contributed by atoms with van der Waals surface area (Å²) in [5.41, 5.74) is 4.31. The molecule has 1 amide bonds. The maximum Gasteiger partial charge on any atom is 0.255 e. The zero-order valence-electron chi connectivity index (χ0n) is 15.9. The Morgan fingerprint density at radius 2 is 1.75 bits per heavy atom. The number of nitrogens with zero attached hydrogens (tertiary/aromatic N) is 1. The topological polar surface area (TPSA) is 106 Å². The molecule has 2 aromatic carbocycles. The summed E-state index contributed by atoms with van der Waals surface area (Å²) in [6.45, 7) is 1.61. The third-order valence-corrected chi connectivity index (χ3v) is 5.28. The van der Waals surface area contributed by atoms with Gasteiger partial charge in [0.1, 0.15) is 0 Å². The number of rotatable bonds is 9. The molecule has 8 nitrogen and oxygen atoms in total. The molecule has 0 fully saturated rings. The van der Waals surface area contributed by atoms with Crippen molar-refractivity contribution in [2.24, 2.45) is 5.10 Å². The molecule has 0 atom stereocenters. The molecule has 2 aromatic rings. The van der Waals surface area contributed by atoms with Crippen molar-refractivity contribution >= 4 is 22.1 Å². The lowest BCUT2D eigenvalue weighted by Gasteiger charge is -2.10. The Balaban J connectivity index is 1.92. The maximum absolute atomic E-state index is 12.3. The van der Waals surface area contributed by atoms with Crippen LogP contribution in [0.3, 0.4) is 0 Å². The molecule has 0 aliphatic heterocycles. The monoisotopic (exact) mass is 405 g/mol. The zero-order chi connectivity index (χ0) is 20.6. The first-order chi connectivity index (χ1) is 13.4. The minimum absolute atomic E-state index is 0.0440. The summed E-state index contributed by atoms with van der Waals surface area (Å²) in [6.07, 6.45) is 2.43. The van der Waals surface area contributed by atoms with E-state index >= 15 is 0 Å². The van der Waals surface area contributed by atoms with E-state index in [1.807, 2.05) is 24.3 Å².